The smallest absolute Gasteiger partial charge is 0.266 e. The number of nitrogens with zero attached hydrogens (tertiary/aromatic N) is 2. The standard InChI is InChI=1S/C11H13N3OS/c12-5-1-6-14-11(15)3-2-10(13-14)9-4-7-16-8-9/h2-4,7-8H,1,5-6,12H2. The zero-order valence-electron chi connectivity index (χ0n) is 8.80. The van der Waals surface area contributed by atoms with Crippen molar-refractivity contribution in [3.8, 4) is 11.3 Å². The molecule has 16 heavy (non-hydrogen) atoms. The summed E-state index contributed by atoms with van der Waals surface area (Å²) in [7, 11) is 0. The van der Waals surface area contributed by atoms with E-state index in [1.165, 1.54) is 4.68 Å². The summed E-state index contributed by atoms with van der Waals surface area (Å²) in [5.41, 5.74) is 7.22. The highest BCUT2D eigenvalue weighted by molar-refractivity contribution is 7.08. The van der Waals surface area contributed by atoms with Gasteiger partial charge < -0.3 is 5.73 Å². The van der Waals surface area contributed by atoms with E-state index in [0.29, 0.717) is 13.1 Å². The van der Waals surface area contributed by atoms with Crippen molar-refractivity contribution in [2.75, 3.05) is 6.54 Å². The van der Waals surface area contributed by atoms with Crippen molar-refractivity contribution in [2.45, 2.75) is 13.0 Å². The molecule has 5 heteroatoms. The Morgan fingerprint density at radius 3 is 2.94 bits per heavy atom. The summed E-state index contributed by atoms with van der Waals surface area (Å²) in [6.45, 7) is 1.14. The van der Waals surface area contributed by atoms with E-state index in [4.69, 9.17) is 5.73 Å². The normalized spacial score (nSPS) is 10.6. The molecule has 0 bridgehead atoms. The van der Waals surface area contributed by atoms with Crippen molar-refractivity contribution >= 4 is 11.3 Å². The summed E-state index contributed by atoms with van der Waals surface area (Å²) >= 11 is 1.61. The maximum absolute atomic E-state index is 11.5. The van der Waals surface area contributed by atoms with Gasteiger partial charge in [0, 0.05) is 23.6 Å². The predicted octanol–water partition coefficient (Wildman–Crippen LogP) is 1.32. The maximum Gasteiger partial charge on any atom is 0.266 e. The van der Waals surface area contributed by atoms with Crippen molar-refractivity contribution in [1.82, 2.24) is 9.78 Å². The average molecular weight is 235 g/mol. The van der Waals surface area contributed by atoms with Gasteiger partial charge in [0.2, 0.25) is 0 Å². The minimum absolute atomic E-state index is 0.0765. The number of aryl methyl sites for hydroxylation is 1. The minimum Gasteiger partial charge on any atom is -0.330 e. The summed E-state index contributed by atoms with van der Waals surface area (Å²) in [6, 6.07) is 5.30. The number of aromatic nitrogens is 2. The molecule has 2 rings (SSSR count). The fourth-order valence-electron chi connectivity index (χ4n) is 1.41. The zero-order chi connectivity index (χ0) is 11.4. The lowest BCUT2D eigenvalue weighted by molar-refractivity contribution is 0.556. The largest absolute Gasteiger partial charge is 0.330 e. The molecule has 0 atom stereocenters. The van der Waals surface area contributed by atoms with E-state index in [1.807, 2.05) is 16.8 Å². The monoisotopic (exact) mass is 235 g/mol. The number of rotatable bonds is 4. The van der Waals surface area contributed by atoms with E-state index in [9.17, 15) is 4.79 Å². The van der Waals surface area contributed by atoms with Crippen molar-refractivity contribution in [2.24, 2.45) is 5.73 Å². The molecule has 0 aliphatic carbocycles. The molecule has 0 amide bonds. The molecule has 0 aliphatic rings. The van der Waals surface area contributed by atoms with Crippen LogP contribution in [-0.2, 0) is 6.54 Å². The Labute approximate surface area is 97.3 Å². The van der Waals surface area contributed by atoms with E-state index in [1.54, 1.807) is 23.5 Å². The van der Waals surface area contributed by atoms with Gasteiger partial charge in [-0.2, -0.15) is 16.4 Å². The number of hydrogen-bond donors (Lipinski definition) is 1. The Kier molecular flexibility index (Phi) is 3.48. The molecule has 0 saturated carbocycles. The highest BCUT2D eigenvalue weighted by Crippen LogP contribution is 2.18. The lowest BCUT2D eigenvalue weighted by atomic mass is 10.2. The molecule has 0 spiro atoms. The first kappa shape index (κ1) is 11.0. The molecule has 0 radical (unpaired) electrons. The summed E-state index contributed by atoms with van der Waals surface area (Å²) in [4.78, 5) is 11.5. The fourth-order valence-corrected chi connectivity index (χ4v) is 2.06. The Balaban J connectivity index is 2.32. The van der Waals surface area contributed by atoms with Crippen LogP contribution in [0.25, 0.3) is 11.3 Å². The van der Waals surface area contributed by atoms with Crippen LogP contribution in [-0.4, -0.2) is 16.3 Å². The van der Waals surface area contributed by atoms with Crippen molar-refractivity contribution in [1.29, 1.82) is 0 Å². The van der Waals surface area contributed by atoms with E-state index >= 15 is 0 Å². The molecule has 2 aromatic rings. The van der Waals surface area contributed by atoms with Gasteiger partial charge in [-0.3, -0.25) is 4.79 Å². The molecule has 0 aliphatic heterocycles. The highest BCUT2D eigenvalue weighted by atomic mass is 32.1. The van der Waals surface area contributed by atoms with Crippen LogP contribution in [0.5, 0.6) is 0 Å². The van der Waals surface area contributed by atoms with Gasteiger partial charge in [0.1, 0.15) is 0 Å². The van der Waals surface area contributed by atoms with Gasteiger partial charge in [-0.15, -0.1) is 0 Å². The Bertz CT molecular complexity index is 504. The summed E-state index contributed by atoms with van der Waals surface area (Å²) in [5.74, 6) is 0. The van der Waals surface area contributed by atoms with E-state index < -0.39 is 0 Å². The first-order valence-corrected chi connectivity index (χ1v) is 6.06. The second kappa shape index (κ2) is 5.05. The van der Waals surface area contributed by atoms with Crippen LogP contribution in [0.2, 0.25) is 0 Å². The lowest BCUT2D eigenvalue weighted by Gasteiger charge is -2.04. The van der Waals surface area contributed by atoms with Crippen LogP contribution in [0.1, 0.15) is 6.42 Å². The van der Waals surface area contributed by atoms with Gasteiger partial charge in [0.25, 0.3) is 5.56 Å². The number of thiophene rings is 1. The summed E-state index contributed by atoms with van der Waals surface area (Å²) in [5, 5.41) is 8.31. The van der Waals surface area contributed by atoms with Crippen molar-refractivity contribution < 1.29 is 0 Å². The van der Waals surface area contributed by atoms with Crippen LogP contribution in [0.3, 0.4) is 0 Å². The predicted molar refractivity (Wildman–Crippen MR) is 65.5 cm³/mol. The Morgan fingerprint density at radius 2 is 2.25 bits per heavy atom. The molecule has 0 aromatic carbocycles. The molecule has 0 fully saturated rings. The first-order valence-electron chi connectivity index (χ1n) is 5.12. The van der Waals surface area contributed by atoms with Gasteiger partial charge in [-0.1, -0.05) is 0 Å². The van der Waals surface area contributed by atoms with E-state index in [0.717, 1.165) is 17.7 Å². The molecular weight excluding hydrogens is 222 g/mol. The molecular formula is C11H13N3OS. The Hall–Kier alpha value is -1.46. The third-order valence-corrected chi connectivity index (χ3v) is 2.94. The minimum atomic E-state index is -0.0765. The fraction of sp³-hybridized carbons (Fsp3) is 0.273. The lowest BCUT2D eigenvalue weighted by Crippen LogP contribution is -2.23. The topological polar surface area (TPSA) is 60.9 Å². The van der Waals surface area contributed by atoms with Crippen molar-refractivity contribution in [3.05, 3.63) is 39.3 Å². The van der Waals surface area contributed by atoms with Gasteiger partial charge in [-0.25, -0.2) is 4.68 Å². The zero-order valence-corrected chi connectivity index (χ0v) is 9.61. The molecule has 2 heterocycles. The number of nitrogens with two attached hydrogens (primary N) is 1. The average Bonchev–Trinajstić information content (AvgIpc) is 2.81. The summed E-state index contributed by atoms with van der Waals surface area (Å²) < 4.78 is 1.47. The van der Waals surface area contributed by atoms with Crippen LogP contribution >= 0.6 is 11.3 Å². The molecule has 0 unspecified atom stereocenters. The molecule has 0 saturated heterocycles. The third-order valence-electron chi connectivity index (χ3n) is 2.26. The SMILES string of the molecule is NCCCn1nc(-c2ccsc2)ccc1=O. The third kappa shape index (κ3) is 2.37. The molecule has 4 nitrogen and oxygen atoms in total. The van der Waals surface area contributed by atoms with Crippen LogP contribution in [0.4, 0.5) is 0 Å². The number of hydrogen-bond acceptors (Lipinski definition) is 4. The van der Waals surface area contributed by atoms with Crippen LogP contribution in [0.15, 0.2) is 33.8 Å². The van der Waals surface area contributed by atoms with E-state index in [-0.39, 0.29) is 5.56 Å². The van der Waals surface area contributed by atoms with Gasteiger partial charge >= 0.3 is 0 Å². The van der Waals surface area contributed by atoms with Gasteiger partial charge in [-0.05, 0) is 30.5 Å². The Morgan fingerprint density at radius 1 is 1.38 bits per heavy atom. The van der Waals surface area contributed by atoms with Crippen molar-refractivity contribution in [3.63, 3.8) is 0 Å². The maximum atomic E-state index is 11.5. The van der Waals surface area contributed by atoms with Gasteiger partial charge in [0.15, 0.2) is 0 Å². The second-order valence-electron chi connectivity index (χ2n) is 3.43. The molecule has 2 N–H and O–H groups in total. The summed E-state index contributed by atoms with van der Waals surface area (Å²) in [6.07, 6.45) is 0.764. The highest BCUT2D eigenvalue weighted by Gasteiger charge is 2.03. The van der Waals surface area contributed by atoms with Crippen LogP contribution < -0.4 is 11.3 Å². The van der Waals surface area contributed by atoms with Crippen LogP contribution in [0, 0.1) is 0 Å². The van der Waals surface area contributed by atoms with Gasteiger partial charge in [0.05, 0.1) is 5.69 Å². The molecule has 2 aromatic heterocycles. The second-order valence-corrected chi connectivity index (χ2v) is 4.21. The molecule has 84 valence electrons. The van der Waals surface area contributed by atoms with E-state index in [2.05, 4.69) is 5.10 Å². The quantitative estimate of drug-likeness (QED) is 0.869. The first-order chi connectivity index (χ1) is 7.81.